The molecule has 0 aromatic heterocycles. The number of nitrogens with one attached hydrogen (secondary N) is 1. The number of anilines is 2. The van der Waals surface area contributed by atoms with Gasteiger partial charge in [-0.2, -0.15) is 0 Å². The van der Waals surface area contributed by atoms with Crippen LogP contribution in [0.25, 0.3) is 0 Å². The lowest BCUT2D eigenvalue weighted by Crippen LogP contribution is -2.47. The highest BCUT2D eigenvalue weighted by Crippen LogP contribution is 2.33. The number of hydrogen-bond donors (Lipinski definition) is 1. The van der Waals surface area contributed by atoms with E-state index in [1.165, 1.54) is 16.9 Å². The molecular formula is C14H20N2O2S. The van der Waals surface area contributed by atoms with Gasteiger partial charge in [0.1, 0.15) is 0 Å². The lowest BCUT2D eigenvalue weighted by atomic mass is 10.00. The molecule has 4 nitrogen and oxygen atoms in total. The highest BCUT2D eigenvalue weighted by atomic mass is 32.2. The van der Waals surface area contributed by atoms with Crippen molar-refractivity contribution in [2.75, 3.05) is 34.8 Å². The number of sulfone groups is 1. The maximum atomic E-state index is 11.7. The lowest BCUT2D eigenvalue weighted by Gasteiger charge is -2.37. The average molecular weight is 280 g/mol. The van der Waals surface area contributed by atoms with Crippen LogP contribution in [0.1, 0.15) is 18.9 Å². The van der Waals surface area contributed by atoms with Crippen LogP contribution >= 0.6 is 0 Å². The van der Waals surface area contributed by atoms with Gasteiger partial charge in [-0.15, -0.1) is 0 Å². The predicted molar refractivity (Wildman–Crippen MR) is 78.7 cm³/mol. The summed E-state index contributed by atoms with van der Waals surface area (Å²) in [6.07, 6.45) is 2.22. The fourth-order valence-corrected chi connectivity index (χ4v) is 4.67. The molecule has 0 radical (unpaired) electrons. The maximum absolute atomic E-state index is 11.7. The van der Waals surface area contributed by atoms with Gasteiger partial charge in [0.25, 0.3) is 0 Å². The van der Waals surface area contributed by atoms with Gasteiger partial charge in [-0.05, 0) is 37.5 Å². The zero-order valence-electron chi connectivity index (χ0n) is 11.2. The number of rotatable bonds is 1. The van der Waals surface area contributed by atoms with Crippen molar-refractivity contribution in [1.82, 2.24) is 0 Å². The zero-order chi connectivity index (χ0) is 13.5. The summed E-state index contributed by atoms with van der Waals surface area (Å²) >= 11 is 0. The van der Waals surface area contributed by atoms with Crippen molar-refractivity contribution in [3.05, 3.63) is 23.8 Å². The molecule has 19 heavy (non-hydrogen) atoms. The summed E-state index contributed by atoms with van der Waals surface area (Å²) in [5.74, 6) is 0.540. The Balaban J connectivity index is 1.95. The number of benzene rings is 1. The molecule has 0 aliphatic carbocycles. The average Bonchev–Trinajstić information content (AvgIpc) is 2.37. The maximum Gasteiger partial charge on any atom is 0.154 e. The highest BCUT2D eigenvalue weighted by Gasteiger charge is 2.30. The summed E-state index contributed by atoms with van der Waals surface area (Å²) in [5.41, 5.74) is 3.77. The van der Waals surface area contributed by atoms with E-state index in [1.807, 2.05) is 6.92 Å². The molecule has 1 N–H and O–H groups in total. The lowest BCUT2D eigenvalue weighted by molar-refractivity contribution is 0.567. The fraction of sp³-hybridized carbons (Fsp3) is 0.571. The molecule has 2 aliphatic heterocycles. The molecular weight excluding hydrogens is 260 g/mol. The summed E-state index contributed by atoms with van der Waals surface area (Å²) in [7, 11) is -2.85. The number of nitrogens with zero attached hydrogens (tertiary/aromatic N) is 1. The first-order valence-electron chi connectivity index (χ1n) is 6.90. The molecule has 5 heteroatoms. The fourth-order valence-electron chi connectivity index (χ4n) is 3.12. The van der Waals surface area contributed by atoms with Crippen molar-refractivity contribution >= 4 is 21.2 Å². The van der Waals surface area contributed by atoms with Crippen LogP contribution in [0.15, 0.2) is 18.2 Å². The van der Waals surface area contributed by atoms with E-state index in [1.54, 1.807) is 0 Å². The molecule has 1 saturated heterocycles. The summed E-state index contributed by atoms with van der Waals surface area (Å²) < 4.78 is 23.4. The molecule has 1 aromatic carbocycles. The Labute approximate surface area is 114 Å². The molecule has 1 atom stereocenters. The topological polar surface area (TPSA) is 49.4 Å². The second-order valence-corrected chi connectivity index (χ2v) is 7.72. The summed E-state index contributed by atoms with van der Waals surface area (Å²) in [6, 6.07) is 6.36. The summed E-state index contributed by atoms with van der Waals surface area (Å²) in [4.78, 5) is 2.26. The van der Waals surface area contributed by atoms with E-state index < -0.39 is 9.84 Å². The second kappa shape index (κ2) is 4.71. The van der Waals surface area contributed by atoms with Crippen LogP contribution in [0, 0.1) is 0 Å². The minimum Gasteiger partial charge on any atom is -0.385 e. The van der Waals surface area contributed by atoms with Crippen molar-refractivity contribution in [1.29, 1.82) is 0 Å². The third-order valence-electron chi connectivity index (χ3n) is 4.05. The number of fused-ring (bicyclic) bond motifs is 1. The Hall–Kier alpha value is -1.23. The van der Waals surface area contributed by atoms with E-state index in [2.05, 4.69) is 28.4 Å². The minimum atomic E-state index is -2.85. The van der Waals surface area contributed by atoms with Crippen molar-refractivity contribution < 1.29 is 8.42 Å². The Morgan fingerprint density at radius 1 is 1.37 bits per heavy atom. The van der Waals surface area contributed by atoms with Crippen molar-refractivity contribution in [2.24, 2.45) is 0 Å². The van der Waals surface area contributed by atoms with E-state index in [9.17, 15) is 8.42 Å². The molecule has 2 aliphatic rings. The molecule has 0 spiro atoms. The predicted octanol–water partition coefficient (Wildman–Crippen LogP) is 1.67. The van der Waals surface area contributed by atoms with Crippen LogP contribution in [0.5, 0.6) is 0 Å². The molecule has 1 unspecified atom stereocenters. The molecule has 0 saturated carbocycles. The molecule has 0 bridgehead atoms. The Morgan fingerprint density at radius 2 is 2.21 bits per heavy atom. The highest BCUT2D eigenvalue weighted by molar-refractivity contribution is 7.91. The zero-order valence-corrected chi connectivity index (χ0v) is 12.0. The van der Waals surface area contributed by atoms with Gasteiger partial charge in [-0.1, -0.05) is 6.07 Å². The normalized spacial score (nSPS) is 25.5. The number of hydrogen-bond acceptors (Lipinski definition) is 4. The van der Waals surface area contributed by atoms with Crippen molar-refractivity contribution in [3.8, 4) is 0 Å². The summed E-state index contributed by atoms with van der Waals surface area (Å²) in [6.45, 7) is 3.65. The smallest absolute Gasteiger partial charge is 0.154 e. The van der Waals surface area contributed by atoms with Crippen molar-refractivity contribution in [2.45, 2.75) is 25.8 Å². The largest absolute Gasteiger partial charge is 0.385 e. The minimum absolute atomic E-state index is 0.0622. The summed E-state index contributed by atoms with van der Waals surface area (Å²) in [5, 5.41) is 3.43. The monoisotopic (exact) mass is 280 g/mol. The molecule has 3 rings (SSSR count). The van der Waals surface area contributed by atoms with Crippen LogP contribution < -0.4 is 10.2 Å². The van der Waals surface area contributed by atoms with Gasteiger partial charge in [-0.25, -0.2) is 8.42 Å². The van der Waals surface area contributed by atoms with Gasteiger partial charge in [0.05, 0.1) is 11.5 Å². The second-order valence-electron chi connectivity index (χ2n) is 5.49. The van der Waals surface area contributed by atoms with E-state index in [0.29, 0.717) is 6.54 Å². The first-order chi connectivity index (χ1) is 9.07. The SMILES string of the molecule is CC1CS(=O)(=O)CCN1c1cccc2c1CCCN2. The first-order valence-corrected chi connectivity index (χ1v) is 8.72. The van der Waals surface area contributed by atoms with Gasteiger partial charge in [0, 0.05) is 30.5 Å². The van der Waals surface area contributed by atoms with E-state index in [-0.39, 0.29) is 17.5 Å². The molecule has 0 amide bonds. The van der Waals surface area contributed by atoms with Gasteiger partial charge >= 0.3 is 0 Å². The van der Waals surface area contributed by atoms with Crippen LogP contribution in [-0.4, -0.2) is 39.1 Å². The van der Waals surface area contributed by atoms with Gasteiger partial charge in [0.2, 0.25) is 0 Å². The van der Waals surface area contributed by atoms with Gasteiger partial charge in [0.15, 0.2) is 9.84 Å². The Kier molecular flexibility index (Phi) is 3.17. The van der Waals surface area contributed by atoms with Gasteiger partial charge < -0.3 is 10.2 Å². The van der Waals surface area contributed by atoms with Crippen molar-refractivity contribution in [3.63, 3.8) is 0 Å². The first kappa shape index (κ1) is 12.8. The third kappa shape index (κ3) is 2.43. The van der Waals surface area contributed by atoms with E-state index >= 15 is 0 Å². The molecule has 104 valence electrons. The Morgan fingerprint density at radius 3 is 3.00 bits per heavy atom. The standard InChI is InChI=1S/C14H20N2O2S/c1-11-10-19(17,18)9-8-16(11)14-6-2-5-13-12(14)4-3-7-15-13/h2,5-6,11,15H,3-4,7-10H2,1H3. The van der Waals surface area contributed by atoms with Crippen LogP contribution in [0.4, 0.5) is 11.4 Å². The Bertz CT molecular complexity index is 583. The quantitative estimate of drug-likeness (QED) is 0.850. The molecule has 2 heterocycles. The van der Waals surface area contributed by atoms with E-state index in [0.717, 1.165) is 19.4 Å². The molecule has 1 fully saturated rings. The third-order valence-corrected chi connectivity index (χ3v) is 5.84. The molecule has 1 aromatic rings. The van der Waals surface area contributed by atoms with Gasteiger partial charge in [-0.3, -0.25) is 0 Å². The van der Waals surface area contributed by atoms with Crippen LogP contribution in [0.2, 0.25) is 0 Å². The van der Waals surface area contributed by atoms with Crippen LogP contribution in [0.3, 0.4) is 0 Å². The van der Waals surface area contributed by atoms with E-state index in [4.69, 9.17) is 0 Å². The van der Waals surface area contributed by atoms with Crippen LogP contribution in [-0.2, 0) is 16.3 Å².